The van der Waals surface area contributed by atoms with Crippen LogP contribution >= 0.6 is 0 Å². The summed E-state index contributed by atoms with van der Waals surface area (Å²) in [5, 5.41) is 8.67. The molecule has 0 saturated carbocycles. The Morgan fingerprint density at radius 1 is 1.57 bits per heavy atom. The van der Waals surface area contributed by atoms with Gasteiger partial charge in [0.15, 0.2) is 0 Å². The minimum absolute atomic E-state index is 0.313. The number of aliphatic carboxylic acids is 1. The van der Waals surface area contributed by atoms with Gasteiger partial charge in [-0.15, -0.1) is 0 Å². The molecule has 0 amide bonds. The van der Waals surface area contributed by atoms with E-state index in [1.165, 1.54) is 13.0 Å². The van der Waals surface area contributed by atoms with Crippen LogP contribution in [-0.2, 0) is 4.79 Å². The highest BCUT2D eigenvalue weighted by molar-refractivity contribution is 5.66. The summed E-state index contributed by atoms with van der Waals surface area (Å²) in [4.78, 5) is 12.9. The van der Waals surface area contributed by atoms with Crippen molar-refractivity contribution < 1.29 is 9.90 Å². The first-order valence-electron chi connectivity index (χ1n) is 5.44. The quantitative estimate of drug-likeness (QED) is 0.734. The van der Waals surface area contributed by atoms with Crippen molar-refractivity contribution in [1.82, 2.24) is 4.90 Å². The van der Waals surface area contributed by atoms with Crippen LogP contribution in [0.2, 0.25) is 0 Å². The van der Waals surface area contributed by atoms with Gasteiger partial charge in [0.1, 0.15) is 0 Å². The van der Waals surface area contributed by atoms with Gasteiger partial charge in [-0.05, 0) is 38.3 Å². The molecule has 0 bridgehead atoms. The second-order valence-corrected chi connectivity index (χ2v) is 4.68. The standard InChI is InChI=1S/C11H21NO2/c1-8(2)9(4-5-11(13)14)10-6-7-12(10)3/h8-10H,4-7H2,1-3H3,(H,13,14). The lowest BCUT2D eigenvalue weighted by molar-refractivity contribution is -0.137. The van der Waals surface area contributed by atoms with Crippen molar-refractivity contribution in [3.8, 4) is 0 Å². The monoisotopic (exact) mass is 199 g/mol. The molecule has 1 aliphatic rings. The number of nitrogens with zero attached hydrogens (tertiary/aromatic N) is 1. The molecule has 0 aromatic rings. The second kappa shape index (κ2) is 4.78. The van der Waals surface area contributed by atoms with Crippen molar-refractivity contribution in [1.29, 1.82) is 0 Å². The van der Waals surface area contributed by atoms with Crippen molar-refractivity contribution in [2.75, 3.05) is 13.6 Å². The second-order valence-electron chi connectivity index (χ2n) is 4.68. The normalized spacial score (nSPS) is 24.7. The predicted octanol–water partition coefficient (Wildman–Crippen LogP) is 1.83. The molecule has 1 heterocycles. The Hall–Kier alpha value is -0.570. The number of carbonyl (C=O) groups is 1. The molecule has 0 aliphatic carbocycles. The van der Waals surface area contributed by atoms with Gasteiger partial charge in [0.25, 0.3) is 0 Å². The van der Waals surface area contributed by atoms with Crippen molar-refractivity contribution in [2.24, 2.45) is 11.8 Å². The van der Waals surface area contributed by atoms with Gasteiger partial charge in [-0.3, -0.25) is 4.79 Å². The van der Waals surface area contributed by atoms with E-state index in [0.717, 1.165) is 6.42 Å². The van der Waals surface area contributed by atoms with Gasteiger partial charge in [0.2, 0.25) is 0 Å². The third-order valence-electron chi connectivity index (χ3n) is 3.39. The molecule has 1 N–H and O–H groups in total. The zero-order chi connectivity index (χ0) is 10.7. The molecule has 0 radical (unpaired) electrons. The fourth-order valence-electron chi connectivity index (χ4n) is 2.34. The maximum absolute atomic E-state index is 10.5. The van der Waals surface area contributed by atoms with E-state index >= 15 is 0 Å². The summed E-state index contributed by atoms with van der Waals surface area (Å²) in [5.41, 5.74) is 0. The van der Waals surface area contributed by atoms with Gasteiger partial charge in [-0.2, -0.15) is 0 Å². The van der Waals surface area contributed by atoms with E-state index in [0.29, 0.717) is 24.3 Å². The molecule has 1 fully saturated rings. The maximum atomic E-state index is 10.5. The number of hydrogen-bond acceptors (Lipinski definition) is 2. The summed E-state index contributed by atoms with van der Waals surface area (Å²) in [5.74, 6) is 0.463. The van der Waals surface area contributed by atoms with E-state index in [2.05, 4.69) is 25.8 Å². The minimum Gasteiger partial charge on any atom is -0.481 e. The molecule has 0 aromatic heterocycles. The van der Waals surface area contributed by atoms with Crippen molar-refractivity contribution in [2.45, 2.75) is 39.2 Å². The van der Waals surface area contributed by atoms with Gasteiger partial charge >= 0.3 is 5.97 Å². The smallest absolute Gasteiger partial charge is 0.303 e. The van der Waals surface area contributed by atoms with Gasteiger partial charge in [-0.25, -0.2) is 0 Å². The Labute approximate surface area is 86.1 Å². The van der Waals surface area contributed by atoms with E-state index in [4.69, 9.17) is 5.11 Å². The summed E-state index contributed by atoms with van der Waals surface area (Å²) in [6, 6.07) is 0.620. The Morgan fingerprint density at radius 2 is 2.21 bits per heavy atom. The van der Waals surface area contributed by atoms with E-state index < -0.39 is 5.97 Å². The Morgan fingerprint density at radius 3 is 2.50 bits per heavy atom. The average Bonchev–Trinajstić information content (AvgIpc) is 2.08. The Kier molecular flexibility index (Phi) is 3.93. The van der Waals surface area contributed by atoms with Crippen LogP contribution in [0.4, 0.5) is 0 Å². The number of carboxylic acids is 1. The molecule has 82 valence electrons. The molecule has 1 rings (SSSR count). The van der Waals surface area contributed by atoms with Crippen LogP contribution in [0.3, 0.4) is 0 Å². The van der Waals surface area contributed by atoms with E-state index in [1.54, 1.807) is 0 Å². The summed E-state index contributed by atoms with van der Waals surface area (Å²) < 4.78 is 0. The molecular formula is C11H21NO2. The van der Waals surface area contributed by atoms with E-state index in [1.807, 2.05) is 0 Å². The fourth-order valence-corrected chi connectivity index (χ4v) is 2.34. The summed E-state index contributed by atoms with van der Waals surface area (Å²) in [7, 11) is 2.13. The van der Waals surface area contributed by atoms with Crippen LogP contribution in [0.25, 0.3) is 0 Å². The lowest BCUT2D eigenvalue weighted by atomic mass is 9.79. The van der Waals surface area contributed by atoms with Crippen LogP contribution in [0.1, 0.15) is 33.1 Å². The predicted molar refractivity (Wildman–Crippen MR) is 56.2 cm³/mol. The summed E-state index contributed by atoms with van der Waals surface area (Å²) in [6.07, 6.45) is 2.37. The number of hydrogen-bond donors (Lipinski definition) is 1. The zero-order valence-corrected chi connectivity index (χ0v) is 9.36. The highest BCUT2D eigenvalue weighted by Gasteiger charge is 2.33. The molecule has 2 atom stereocenters. The van der Waals surface area contributed by atoms with Gasteiger partial charge in [0.05, 0.1) is 0 Å². The first-order chi connectivity index (χ1) is 6.52. The zero-order valence-electron chi connectivity index (χ0n) is 9.36. The molecule has 1 saturated heterocycles. The molecule has 3 nitrogen and oxygen atoms in total. The fraction of sp³-hybridized carbons (Fsp3) is 0.909. The average molecular weight is 199 g/mol. The van der Waals surface area contributed by atoms with Crippen molar-refractivity contribution >= 4 is 5.97 Å². The first kappa shape index (κ1) is 11.5. The molecule has 0 spiro atoms. The molecule has 0 aromatic carbocycles. The third kappa shape index (κ3) is 2.71. The van der Waals surface area contributed by atoms with Crippen LogP contribution in [0, 0.1) is 11.8 Å². The summed E-state index contributed by atoms with van der Waals surface area (Å²) in [6.45, 7) is 5.55. The van der Waals surface area contributed by atoms with Crippen LogP contribution < -0.4 is 0 Å². The number of carboxylic acid groups (broad SMARTS) is 1. The first-order valence-corrected chi connectivity index (χ1v) is 5.44. The highest BCUT2D eigenvalue weighted by atomic mass is 16.4. The van der Waals surface area contributed by atoms with Crippen molar-refractivity contribution in [3.05, 3.63) is 0 Å². The molecule has 2 unspecified atom stereocenters. The largest absolute Gasteiger partial charge is 0.481 e. The van der Waals surface area contributed by atoms with Crippen LogP contribution in [-0.4, -0.2) is 35.6 Å². The van der Waals surface area contributed by atoms with Gasteiger partial charge in [-0.1, -0.05) is 13.8 Å². The molecule has 3 heteroatoms. The SMILES string of the molecule is CC(C)C(CCC(=O)O)C1CCN1C. The number of likely N-dealkylation sites (tertiary alicyclic amines) is 1. The molecule has 14 heavy (non-hydrogen) atoms. The lowest BCUT2D eigenvalue weighted by Crippen LogP contribution is -2.50. The van der Waals surface area contributed by atoms with E-state index in [-0.39, 0.29) is 0 Å². The van der Waals surface area contributed by atoms with Crippen LogP contribution in [0.5, 0.6) is 0 Å². The lowest BCUT2D eigenvalue weighted by Gasteiger charge is -2.44. The van der Waals surface area contributed by atoms with Crippen molar-refractivity contribution in [3.63, 3.8) is 0 Å². The van der Waals surface area contributed by atoms with Gasteiger partial charge in [0, 0.05) is 12.5 Å². The minimum atomic E-state index is -0.669. The Balaban J connectivity index is 2.42. The molecule has 1 aliphatic heterocycles. The van der Waals surface area contributed by atoms with Gasteiger partial charge < -0.3 is 10.0 Å². The number of rotatable bonds is 5. The Bertz CT molecular complexity index is 203. The van der Waals surface area contributed by atoms with Crippen LogP contribution in [0.15, 0.2) is 0 Å². The van der Waals surface area contributed by atoms with E-state index in [9.17, 15) is 4.79 Å². The topological polar surface area (TPSA) is 40.5 Å². The molecular weight excluding hydrogens is 178 g/mol. The third-order valence-corrected chi connectivity index (χ3v) is 3.39. The summed E-state index contributed by atoms with van der Waals surface area (Å²) >= 11 is 0. The maximum Gasteiger partial charge on any atom is 0.303 e. The highest BCUT2D eigenvalue weighted by Crippen LogP contribution is 2.31.